The first-order valence-electron chi connectivity index (χ1n) is 9.10. The minimum atomic E-state index is -0.185. The number of amides is 2. The average Bonchev–Trinajstić information content (AvgIpc) is 3.16. The van der Waals surface area contributed by atoms with E-state index >= 15 is 0 Å². The van der Waals surface area contributed by atoms with E-state index in [1.807, 2.05) is 23.9 Å². The van der Waals surface area contributed by atoms with Crippen LogP contribution < -0.4 is 20.1 Å². The summed E-state index contributed by atoms with van der Waals surface area (Å²) in [5.41, 5.74) is 0.743. The van der Waals surface area contributed by atoms with Gasteiger partial charge in [0, 0.05) is 36.9 Å². The Bertz CT molecular complexity index is 645. The van der Waals surface area contributed by atoms with Crippen LogP contribution >= 0.6 is 11.8 Å². The predicted molar refractivity (Wildman–Crippen MR) is 101 cm³/mol. The van der Waals surface area contributed by atoms with Gasteiger partial charge in [-0.1, -0.05) is 0 Å². The number of ether oxygens (including phenoxy) is 3. The summed E-state index contributed by atoms with van der Waals surface area (Å²) >= 11 is 2.00. The van der Waals surface area contributed by atoms with Crippen LogP contribution in [0, 0.1) is 0 Å². The second kappa shape index (κ2) is 7.94. The second-order valence-electron chi connectivity index (χ2n) is 6.81. The molecule has 0 aliphatic carbocycles. The third-order valence-corrected chi connectivity index (χ3v) is 6.30. The van der Waals surface area contributed by atoms with Crippen molar-refractivity contribution in [1.82, 2.24) is 10.2 Å². The molecule has 0 aromatic heterocycles. The van der Waals surface area contributed by atoms with Crippen LogP contribution in [0.4, 0.5) is 10.5 Å². The SMILES string of the molecule is O=C(NCC1(N2CCOCC2)CCSCC1)Nc1ccc2c(c1)OCO2. The minimum Gasteiger partial charge on any atom is -0.454 e. The van der Waals surface area contributed by atoms with Gasteiger partial charge in [0.1, 0.15) is 0 Å². The number of nitrogens with one attached hydrogen (secondary N) is 2. The summed E-state index contributed by atoms with van der Waals surface area (Å²) in [5.74, 6) is 3.66. The molecule has 1 aromatic carbocycles. The van der Waals surface area contributed by atoms with E-state index in [-0.39, 0.29) is 18.4 Å². The Labute approximate surface area is 157 Å². The number of rotatable bonds is 4. The number of hydrogen-bond donors (Lipinski definition) is 2. The molecule has 0 saturated carbocycles. The standard InChI is InChI=1S/C18H25N3O4S/c22-17(20-14-1-2-15-16(11-14)25-13-24-15)19-12-18(3-9-26-10-4-18)21-5-7-23-8-6-21/h1-2,11H,3-10,12-13H2,(H2,19,20,22). The van der Waals surface area contributed by atoms with Crippen molar-refractivity contribution in [3.05, 3.63) is 18.2 Å². The van der Waals surface area contributed by atoms with E-state index in [4.69, 9.17) is 14.2 Å². The topological polar surface area (TPSA) is 72.1 Å². The highest BCUT2D eigenvalue weighted by Gasteiger charge is 2.39. The third kappa shape index (κ3) is 3.87. The van der Waals surface area contributed by atoms with Crippen LogP contribution in [0.25, 0.3) is 0 Å². The molecular weight excluding hydrogens is 354 g/mol. The minimum absolute atomic E-state index is 0.0429. The first-order chi connectivity index (χ1) is 12.8. The molecule has 3 heterocycles. The number of carbonyl (C=O) groups is 1. The fraction of sp³-hybridized carbons (Fsp3) is 0.611. The van der Waals surface area contributed by atoms with Gasteiger partial charge in [-0.05, 0) is 36.5 Å². The summed E-state index contributed by atoms with van der Waals surface area (Å²) in [6.07, 6.45) is 2.20. The van der Waals surface area contributed by atoms with Crippen molar-refractivity contribution in [2.24, 2.45) is 0 Å². The summed E-state index contributed by atoms with van der Waals surface area (Å²) in [6, 6.07) is 5.24. The maximum atomic E-state index is 12.4. The number of anilines is 1. The maximum Gasteiger partial charge on any atom is 0.319 e. The molecule has 8 heteroatoms. The largest absolute Gasteiger partial charge is 0.454 e. The monoisotopic (exact) mass is 379 g/mol. The summed E-state index contributed by atoms with van der Waals surface area (Å²) < 4.78 is 16.2. The highest BCUT2D eigenvalue weighted by molar-refractivity contribution is 7.99. The number of fused-ring (bicyclic) bond motifs is 1. The van der Waals surface area contributed by atoms with Crippen molar-refractivity contribution in [1.29, 1.82) is 0 Å². The van der Waals surface area contributed by atoms with Gasteiger partial charge in [-0.25, -0.2) is 4.79 Å². The Morgan fingerprint density at radius 3 is 2.73 bits per heavy atom. The molecule has 0 unspecified atom stereocenters. The first-order valence-corrected chi connectivity index (χ1v) is 10.3. The number of thioether (sulfide) groups is 1. The van der Waals surface area contributed by atoms with E-state index in [1.165, 1.54) is 0 Å². The number of urea groups is 1. The highest BCUT2D eigenvalue weighted by atomic mass is 32.2. The quantitative estimate of drug-likeness (QED) is 0.835. The van der Waals surface area contributed by atoms with E-state index in [2.05, 4.69) is 15.5 Å². The van der Waals surface area contributed by atoms with E-state index in [0.29, 0.717) is 23.7 Å². The van der Waals surface area contributed by atoms with Crippen molar-refractivity contribution in [2.45, 2.75) is 18.4 Å². The Morgan fingerprint density at radius 1 is 1.15 bits per heavy atom. The maximum absolute atomic E-state index is 12.4. The summed E-state index contributed by atoms with van der Waals surface area (Å²) in [4.78, 5) is 14.9. The molecule has 26 heavy (non-hydrogen) atoms. The van der Waals surface area contributed by atoms with Gasteiger partial charge >= 0.3 is 6.03 Å². The number of benzene rings is 1. The van der Waals surface area contributed by atoms with Crippen molar-refractivity contribution < 1.29 is 19.0 Å². The molecule has 0 spiro atoms. The molecule has 142 valence electrons. The molecule has 0 atom stereocenters. The molecular formula is C18H25N3O4S. The molecule has 4 rings (SSSR count). The van der Waals surface area contributed by atoms with Gasteiger partial charge in [0.25, 0.3) is 0 Å². The Hall–Kier alpha value is -1.64. The van der Waals surface area contributed by atoms with Crippen molar-refractivity contribution in [3.8, 4) is 11.5 Å². The van der Waals surface area contributed by atoms with E-state index in [9.17, 15) is 4.79 Å². The molecule has 3 aliphatic heterocycles. The van der Waals surface area contributed by atoms with Crippen LogP contribution in [0.5, 0.6) is 11.5 Å². The molecule has 0 bridgehead atoms. The molecule has 2 fully saturated rings. The normalized spacial score (nSPS) is 22.0. The van der Waals surface area contributed by atoms with Gasteiger partial charge in [0.15, 0.2) is 11.5 Å². The zero-order valence-electron chi connectivity index (χ0n) is 14.8. The average molecular weight is 379 g/mol. The van der Waals surface area contributed by atoms with Crippen molar-refractivity contribution in [3.63, 3.8) is 0 Å². The fourth-order valence-corrected chi connectivity index (χ4v) is 5.04. The molecule has 3 aliphatic rings. The third-order valence-electron chi connectivity index (χ3n) is 5.31. The second-order valence-corrected chi connectivity index (χ2v) is 8.04. The van der Waals surface area contributed by atoms with Crippen LogP contribution in [-0.4, -0.2) is 67.6 Å². The van der Waals surface area contributed by atoms with Crippen LogP contribution in [-0.2, 0) is 4.74 Å². The van der Waals surface area contributed by atoms with Gasteiger partial charge in [0.05, 0.1) is 13.2 Å². The summed E-state index contributed by atoms with van der Waals surface area (Å²) in [6.45, 7) is 4.32. The Morgan fingerprint density at radius 2 is 1.92 bits per heavy atom. The zero-order valence-corrected chi connectivity index (χ0v) is 15.6. The summed E-state index contributed by atoms with van der Waals surface area (Å²) in [5, 5.41) is 5.99. The number of morpholine rings is 1. The number of nitrogens with zero attached hydrogens (tertiary/aromatic N) is 1. The molecule has 7 nitrogen and oxygen atoms in total. The predicted octanol–water partition coefficient (Wildman–Crippen LogP) is 2.13. The number of carbonyl (C=O) groups excluding carboxylic acids is 1. The fourth-order valence-electron chi connectivity index (χ4n) is 3.79. The number of hydrogen-bond acceptors (Lipinski definition) is 6. The van der Waals surface area contributed by atoms with E-state index in [1.54, 1.807) is 6.07 Å². The van der Waals surface area contributed by atoms with Gasteiger partial charge in [-0.2, -0.15) is 11.8 Å². The van der Waals surface area contributed by atoms with Crippen LogP contribution in [0.3, 0.4) is 0 Å². The smallest absolute Gasteiger partial charge is 0.319 e. The lowest BCUT2D eigenvalue weighted by Crippen LogP contribution is -2.60. The Balaban J connectivity index is 1.36. The van der Waals surface area contributed by atoms with E-state index < -0.39 is 0 Å². The van der Waals surface area contributed by atoms with E-state index in [0.717, 1.165) is 50.7 Å². The van der Waals surface area contributed by atoms with Gasteiger partial charge in [-0.3, -0.25) is 4.90 Å². The van der Waals surface area contributed by atoms with Gasteiger partial charge in [-0.15, -0.1) is 0 Å². The molecule has 1 aromatic rings. The van der Waals surface area contributed by atoms with Crippen molar-refractivity contribution in [2.75, 3.05) is 56.5 Å². The molecule has 2 amide bonds. The first kappa shape index (κ1) is 17.8. The van der Waals surface area contributed by atoms with Crippen LogP contribution in [0.1, 0.15) is 12.8 Å². The van der Waals surface area contributed by atoms with Crippen LogP contribution in [0.15, 0.2) is 18.2 Å². The Kier molecular flexibility index (Phi) is 5.42. The molecule has 2 saturated heterocycles. The lowest BCUT2D eigenvalue weighted by molar-refractivity contribution is -0.0249. The highest BCUT2D eigenvalue weighted by Crippen LogP contribution is 2.35. The zero-order chi connectivity index (χ0) is 17.8. The lowest BCUT2D eigenvalue weighted by atomic mass is 9.89. The molecule has 0 radical (unpaired) electrons. The molecule has 2 N–H and O–H groups in total. The van der Waals surface area contributed by atoms with Crippen LogP contribution in [0.2, 0.25) is 0 Å². The van der Waals surface area contributed by atoms with Crippen molar-refractivity contribution >= 4 is 23.5 Å². The van der Waals surface area contributed by atoms with Gasteiger partial charge in [0.2, 0.25) is 6.79 Å². The lowest BCUT2D eigenvalue weighted by Gasteiger charge is -2.48. The summed E-state index contributed by atoms with van der Waals surface area (Å²) in [7, 11) is 0. The van der Waals surface area contributed by atoms with Gasteiger partial charge < -0.3 is 24.8 Å².